The minimum atomic E-state index is -0.0526. The second-order valence-corrected chi connectivity index (χ2v) is 5.33. The summed E-state index contributed by atoms with van der Waals surface area (Å²) in [6.07, 6.45) is 3.84. The van der Waals surface area contributed by atoms with Gasteiger partial charge in [0.2, 0.25) is 0 Å². The normalized spacial score (nSPS) is 10.8. The SMILES string of the molecule is O=C(c1ccccc1)c1ccc(OC/C=C/CBr)c(Cl)c1. The summed E-state index contributed by atoms with van der Waals surface area (Å²) in [5.41, 5.74) is 1.19. The van der Waals surface area contributed by atoms with Crippen LogP contribution in [-0.4, -0.2) is 17.7 Å². The van der Waals surface area contributed by atoms with Gasteiger partial charge in [-0.1, -0.05) is 70.0 Å². The standard InChI is InChI=1S/C17H14BrClO2/c18-10-4-5-11-21-16-9-8-14(12-15(16)19)17(20)13-6-2-1-3-7-13/h1-9,12H,10-11H2/b5-4+. The molecule has 0 aliphatic heterocycles. The van der Waals surface area contributed by atoms with Gasteiger partial charge in [0.15, 0.2) is 5.78 Å². The molecule has 2 nitrogen and oxygen atoms in total. The van der Waals surface area contributed by atoms with Crippen molar-refractivity contribution in [3.05, 3.63) is 76.8 Å². The molecule has 0 unspecified atom stereocenters. The molecule has 108 valence electrons. The van der Waals surface area contributed by atoms with Crippen LogP contribution in [0.3, 0.4) is 0 Å². The summed E-state index contributed by atoms with van der Waals surface area (Å²) >= 11 is 9.46. The second kappa shape index (κ2) is 8.01. The van der Waals surface area contributed by atoms with Crippen molar-refractivity contribution in [2.45, 2.75) is 0 Å². The Hall–Kier alpha value is -1.58. The first-order valence-corrected chi connectivity index (χ1v) is 7.95. The van der Waals surface area contributed by atoms with Crippen molar-refractivity contribution in [3.63, 3.8) is 0 Å². The fraction of sp³-hybridized carbons (Fsp3) is 0.118. The van der Waals surface area contributed by atoms with Crippen molar-refractivity contribution < 1.29 is 9.53 Å². The average Bonchev–Trinajstić information content (AvgIpc) is 2.53. The number of ketones is 1. The molecule has 0 fully saturated rings. The molecule has 0 aromatic heterocycles. The first-order chi connectivity index (χ1) is 10.2. The average molecular weight is 366 g/mol. The molecule has 0 spiro atoms. The highest BCUT2D eigenvalue weighted by atomic mass is 79.9. The third kappa shape index (κ3) is 4.45. The van der Waals surface area contributed by atoms with Gasteiger partial charge < -0.3 is 4.74 Å². The van der Waals surface area contributed by atoms with Gasteiger partial charge in [-0.25, -0.2) is 0 Å². The molecule has 0 N–H and O–H groups in total. The van der Waals surface area contributed by atoms with Crippen molar-refractivity contribution >= 4 is 33.3 Å². The third-order valence-corrected chi connectivity index (χ3v) is 3.49. The summed E-state index contributed by atoms with van der Waals surface area (Å²) in [6, 6.07) is 14.2. The molecular weight excluding hydrogens is 352 g/mol. The van der Waals surface area contributed by atoms with E-state index in [1.807, 2.05) is 30.4 Å². The van der Waals surface area contributed by atoms with Crippen molar-refractivity contribution in [1.82, 2.24) is 0 Å². The zero-order valence-corrected chi connectivity index (χ0v) is 13.6. The molecule has 0 bridgehead atoms. The Balaban J connectivity index is 2.12. The fourth-order valence-corrected chi connectivity index (χ4v) is 2.28. The maximum Gasteiger partial charge on any atom is 0.193 e. The van der Waals surface area contributed by atoms with Crippen LogP contribution in [-0.2, 0) is 0 Å². The first-order valence-electron chi connectivity index (χ1n) is 6.45. The van der Waals surface area contributed by atoms with Crippen LogP contribution in [0.4, 0.5) is 0 Å². The molecule has 2 aromatic rings. The molecule has 0 heterocycles. The van der Waals surface area contributed by atoms with Gasteiger partial charge in [0, 0.05) is 16.5 Å². The molecule has 0 amide bonds. The number of hydrogen-bond donors (Lipinski definition) is 0. The monoisotopic (exact) mass is 364 g/mol. The van der Waals surface area contributed by atoms with Crippen LogP contribution >= 0.6 is 27.5 Å². The van der Waals surface area contributed by atoms with E-state index in [0.29, 0.717) is 28.5 Å². The molecule has 21 heavy (non-hydrogen) atoms. The second-order valence-electron chi connectivity index (χ2n) is 4.28. The van der Waals surface area contributed by atoms with Crippen LogP contribution in [0, 0.1) is 0 Å². The number of allylic oxidation sites excluding steroid dienone is 1. The molecule has 2 rings (SSSR count). The van der Waals surface area contributed by atoms with Crippen molar-refractivity contribution in [2.75, 3.05) is 11.9 Å². The highest BCUT2D eigenvalue weighted by Crippen LogP contribution is 2.26. The zero-order valence-electron chi connectivity index (χ0n) is 11.3. The predicted octanol–water partition coefficient (Wildman–Crippen LogP) is 4.90. The Labute approximate surface area is 137 Å². The Morgan fingerprint density at radius 2 is 1.86 bits per heavy atom. The highest BCUT2D eigenvalue weighted by Gasteiger charge is 2.11. The zero-order chi connectivity index (χ0) is 15.1. The van der Waals surface area contributed by atoms with Gasteiger partial charge in [0.1, 0.15) is 12.4 Å². The smallest absolute Gasteiger partial charge is 0.193 e. The largest absolute Gasteiger partial charge is 0.488 e. The van der Waals surface area contributed by atoms with Gasteiger partial charge in [-0.3, -0.25) is 4.79 Å². The number of alkyl halides is 1. The number of carbonyl (C=O) groups excluding carboxylic acids is 1. The van der Waals surface area contributed by atoms with E-state index in [9.17, 15) is 4.79 Å². The summed E-state index contributed by atoms with van der Waals surface area (Å²) < 4.78 is 5.53. The lowest BCUT2D eigenvalue weighted by Gasteiger charge is -2.07. The van der Waals surface area contributed by atoms with Gasteiger partial charge in [-0.2, -0.15) is 0 Å². The lowest BCUT2D eigenvalue weighted by Crippen LogP contribution is -2.02. The van der Waals surface area contributed by atoms with Crippen molar-refractivity contribution in [2.24, 2.45) is 0 Å². The fourth-order valence-electron chi connectivity index (χ4n) is 1.78. The van der Waals surface area contributed by atoms with Crippen molar-refractivity contribution in [1.29, 1.82) is 0 Å². The summed E-state index contributed by atoms with van der Waals surface area (Å²) in [4.78, 5) is 12.3. The first kappa shape index (κ1) is 15.8. The van der Waals surface area contributed by atoms with E-state index in [4.69, 9.17) is 16.3 Å². The molecule has 0 aliphatic rings. The van der Waals surface area contributed by atoms with Crippen molar-refractivity contribution in [3.8, 4) is 5.75 Å². The van der Waals surface area contributed by atoms with Gasteiger partial charge in [-0.05, 0) is 18.2 Å². The minimum absolute atomic E-state index is 0.0526. The topological polar surface area (TPSA) is 26.3 Å². The van der Waals surface area contributed by atoms with E-state index in [1.54, 1.807) is 30.3 Å². The number of benzene rings is 2. The Morgan fingerprint density at radius 3 is 2.52 bits per heavy atom. The molecule has 0 saturated heterocycles. The Morgan fingerprint density at radius 1 is 1.10 bits per heavy atom. The third-order valence-electron chi connectivity index (χ3n) is 2.82. The maximum atomic E-state index is 12.3. The maximum absolute atomic E-state index is 12.3. The lowest BCUT2D eigenvalue weighted by atomic mass is 10.0. The highest BCUT2D eigenvalue weighted by molar-refractivity contribution is 9.09. The molecule has 4 heteroatoms. The summed E-state index contributed by atoms with van der Waals surface area (Å²) in [7, 11) is 0. The van der Waals surface area contributed by atoms with Crippen LogP contribution in [0.25, 0.3) is 0 Å². The van der Waals surface area contributed by atoms with E-state index in [-0.39, 0.29) is 5.78 Å². The van der Waals surface area contributed by atoms with E-state index in [0.717, 1.165) is 5.33 Å². The molecule has 0 radical (unpaired) electrons. The summed E-state index contributed by atoms with van der Waals surface area (Å²) in [5, 5.41) is 1.22. The van der Waals surface area contributed by atoms with E-state index < -0.39 is 0 Å². The minimum Gasteiger partial charge on any atom is -0.488 e. The number of ether oxygens (including phenoxy) is 1. The quantitative estimate of drug-likeness (QED) is 0.413. The lowest BCUT2D eigenvalue weighted by molar-refractivity contribution is 0.103. The Kier molecular flexibility index (Phi) is 6.03. The van der Waals surface area contributed by atoms with Crippen LogP contribution in [0.2, 0.25) is 5.02 Å². The Bertz CT molecular complexity index is 638. The van der Waals surface area contributed by atoms with Crippen LogP contribution < -0.4 is 4.74 Å². The van der Waals surface area contributed by atoms with E-state index in [2.05, 4.69) is 15.9 Å². The summed E-state index contributed by atoms with van der Waals surface area (Å²) in [6.45, 7) is 0.442. The van der Waals surface area contributed by atoms with Gasteiger partial charge in [0.05, 0.1) is 5.02 Å². The van der Waals surface area contributed by atoms with Crippen LogP contribution in [0.15, 0.2) is 60.7 Å². The number of carbonyl (C=O) groups is 1. The van der Waals surface area contributed by atoms with Crippen LogP contribution in [0.1, 0.15) is 15.9 Å². The summed E-state index contributed by atoms with van der Waals surface area (Å²) in [5.74, 6) is 0.517. The van der Waals surface area contributed by atoms with E-state index in [1.165, 1.54) is 0 Å². The molecule has 0 aliphatic carbocycles. The molecule has 2 aromatic carbocycles. The number of rotatable bonds is 6. The number of hydrogen-bond acceptors (Lipinski definition) is 2. The van der Waals surface area contributed by atoms with E-state index >= 15 is 0 Å². The van der Waals surface area contributed by atoms with Gasteiger partial charge >= 0.3 is 0 Å². The predicted molar refractivity (Wildman–Crippen MR) is 89.8 cm³/mol. The molecular formula is C17H14BrClO2. The van der Waals surface area contributed by atoms with Crippen LogP contribution in [0.5, 0.6) is 5.75 Å². The van der Waals surface area contributed by atoms with Gasteiger partial charge in [0.25, 0.3) is 0 Å². The van der Waals surface area contributed by atoms with Gasteiger partial charge in [-0.15, -0.1) is 0 Å². The molecule has 0 atom stereocenters. The number of halogens is 2. The molecule has 0 saturated carbocycles.